The number of nitrogens with zero attached hydrogens (tertiary/aromatic N) is 6. The second-order valence-corrected chi connectivity index (χ2v) is 4.16. The van der Waals surface area contributed by atoms with Gasteiger partial charge in [0.2, 0.25) is 11.0 Å². The number of tetrazole rings is 1. The lowest BCUT2D eigenvalue weighted by Gasteiger charge is -1.99. The summed E-state index contributed by atoms with van der Waals surface area (Å²) >= 11 is 1.46. The molecule has 92 valence electrons. The number of aromatic nitrogens is 6. The zero-order valence-corrected chi connectivity index (χ0v) is 10.2. The first-order chi connectivity index (χ1) is 8.33. The highest BCUT2D eigenvalue weighted by molar-refractivity contribution is 7.98. The van der Waals surface area contributed by atoms with Crippen molar-refractivity contribution in [2.24, 2.45) is 5.73 Å². The molecule has 0 spiro atoms. The molecular weight excluding hydrogens is 242 g/mol. The fourth-order valence-corrected chi connectivity index (χ4v) is 1.93. The molecule has 0 aliphatic carbocycles. The van der Waals surface area contributed by atoms with Crippen molar-refractivity contribution in [3.8, 4) is 0 Å². The maximum Gasteiger partial charge on any atom is 0.226 e. The Hall–Kier alpha value is -1.48. The van der Waals surface area contributed by atoms with Gasteiger partial charge in [-0.1, -0.05) is 23.8 Å². The Morgan fingerprint density at radius 2 is 2.35 bits per heavy atom. The highest BCUT2D eigenvalue weighted by Crippen LogP contribution is 2.18. The van der Waals surface area contributed by atoms with E-state index >= 15 is 0 Å². The van der Waals surface area contributed by atoms with Crippen molar-refractivity contribution in [1.29, 1.82) is 0 Å². The van der Waals surface area contributed by atoms with E-state index in [0.29, 0.717) is 35.7 Å². The summed E-state index contributed by atoms with van der Waals surface area (Å²) in [5.74, 6) is 1.87. The van der Waals surface area contributed by atoms with Crippen LogP contribution in [0.1, 0.15) is 18.6 Å². The van der Waals surface area contributed by atoms with Crippen molar-refractivity contribution >= 4 is 11.8 Å². The van der Waals surface area contributed by atoms with E-state index in [9.17, 15) is 0 Å². The molecule has 0 aliphatic rings. The Balaban J connectivity index is 1.94. The van der Waals surface area contributed by atoms with Crippen LogP contribution in [-0.4, -0.2) is 36.9 Å². The minimum Gasteiger partial charge on any atom is -0.339 e. The van der Waals surface area contributed by atoms with E-state index in [2.05, 4.69) is 25.7 Å². The van der Waals surface area contributed by atoms with Crippen LogP contribution in [0.4, 0.5) is 0 Å². The Kier molecular flexibility index (Phi) is 4.04. The van der Waals surface area contributed by atoms with Crippen LogP contribution in [-0.2, 0) is 18.7 Å². The third kappa shape index (κ3) is 3.01. The average Bonchev–Trinajstić information content (AvgIpc) is 2.95. The monoisotopic (exact) mass is 255 g/mol. The smallest absolute Gasteiger partial charge is 0.226 e. The number of rotatable bonds is 6. The molecule has 0 saturated heterocycles. The van der Waals surface area contributed by atoms with Gasteiger partial charge in [0, 0.05) is 13.0 Å². The van der Waals surface area contributed by atoms with E-state index in [4.69, 9.17) is 10.3 Å². The Bertz CT molecular complexity index is 468. The Labute approximate surface area is 102 Å². The Morgan fingerprint density at radius 3 is 3.06 bits per heavy atom. The van der Waals surface area contributed by atoms with Crippen LogP contribution in [0.3, 0.4) is 0 Å². The van der Waals surface area contributed by atoms with Crippen molar-refractivity contribution in [2.45, 2.75) is 30.8 Å². The molecule has 0 saturated carbocycles. The van der Waals surface area contributed by atoms with Crippen LogP contribution in [0, 0.1) is 0 Å². The first kappa shape index (κ1) is 12.0. The van der Waals surface area contributed by atoms with Gasteiger partial charge in [-0.15, -0.1) is 5.10 Å². The summed E-state index contributed by atoms with van der Waals surface area (Å²) in [6.07, 6.45) is 0.739. The Morgan fingerprint density at radius 1 is 1.47 bits per heavy atom. The van der Waals surface area contributed by atoms with Gasteiger partial charge >= 0.3 is 0 Å². The maximum atomic E-state index is 5.45. The quantitative estimate of drug-likeness (QED) is 0.711. The first-order valence-electron chi connectivity index (χ1n) is 5.24. The van der Waals surface area contributed by atoms with Gasteiger partial charge in [-0.2, -0.15) is 4.98 Å². The fraction of sp³-hybridized carbons (Fsp3) is 0.625. The molecule has 8 nitrogen and oxygen atoms in total. The molecule has 17 heavy (non-hydrogen) atoms. The van der Waals surface area contributed by atoms with Gasteiger partial charge in [0.05, 0.1) is 12.3 Å². The molecule has 2 aromatic rings. The molecule has 2 rings (SSSR count). The van der Waals surface area contributed by atoms with Gasteiger partial charge in [-0.25, -0.2) is 4.68 Å². The summed E-state index contributed by atoms with van der Waals surface area (Å²) in [6, 6.07) is 0. The van der Waals surface area contributed by atoms with E-state index in [-0.39, 0.29) is 0 Å². The topological polar surface area (TPSA) is 109 Å². The summed E-state index contributed by atoms with van der Waals surface area (Å²) < 4.78 is 6.67. The predicted octanol–water partition coefficient (Wildman–Crippen LogP) is -0.130. The molecule has 9 heteroatoms. The predicted molar refractivity (Wildman–Crippen MR) is 60.1 cm³/mol. The van der Waals surface area contributed by atoms with Crippen molar-refractivity contribution < 1.29 is 4.52 Å². The molecule has 2 aromatic heterocycles. The molecule has 0 bridgehead atoms. The molecule has 2 N–H and O–H groups in total. The molecular formula is C8H13N7OS. The summed E-state index contributed by atoms with van der Waals surface area (Å²) in [4.78, 5) is 4.20. The van der Waals surface area contributed by atoms with Gasteiger partial charge < -0.3 is 10.3 Å². The molecule has 2 heterocycles. The minimum absolute atomic E-state index is 0.501. The first-order valence-corrected chi connectivity index (χ1v) is 6.22. The normalized spacial score (nSPS) is 10.9. The van der Waals surface area contributed by atoms with E-state index in [1.807, 2.05) is 6.92 Å². The van der Waals surface area contributed by atoms with E-state index < -0.39 is 0 Å². The SMILES string of the molecule is CCc1nc(CSc2nnnn2CCN)no1. The lowest BCUT2D eigenvalue weighted by Crippen LogP contribution is -2.12. The minimum atomic E-state index is 0.501. The van der Waals surface area contributed by atoms with Crippen molar-refractivity contribution in [1.82, 2.24) is 30.3 Å². The summed E-state index contributed by atoms with van der Waals surface area (Å²) in [6.45, 7) is 3.06. The van der Waals surface area contributed by atoms with Crippen molar-refractivity contribution in [3.05, 3.63) is 11.7 Å². The van der Waals surface area contributed by atoms with E-state index in [1.54, 1.807) is 4.68 Å². The molecule has 0 atom stereocenters. The van der Waals surface area contributed by atoms with Crippen molar-refractivity contribution in [2.75, 3.05) is 6.54 Å². The fourth-order valence-electron chi connectivity index (χ4n) is 1.18. The van der Waals surface area contributed by atoms with Gasteiger partial charge in [-0.3, -0.25) is 0 Å². The van der Waals surface area contributed by atoms with Gasteiger partial charge in [0.1, 0.15) is 0 Å². The van der Waals surface area contributed by atoms with Crippen LogP contribution in [0.2, 0.25) is 0 Å². The number of hydrogen-bond acceptors (Lipinski definition) is 8. The van der Waals surface area contributed by atoms with Gasteiger partial charge in [0.25, 0.3) is 0 Å². The van der Waals surface area contributed by atoms with Crippen LogP contribution < -0.4 is 5.73 Å². The number of aryl methyl sites for hydroxylation is 1. The van der Waals surface area contributed by atoms with Gasteiger partial charge in [-0.05, 0) is 10.4 Å². The second kappa shape index (κ2) is 5.73. The summed E-state index contributed by atoms with van der Waals surface area (Å²) in [7, 11) is 0. The van der Waals surface area contributed by atoms with Crippen LogP contribution >= 0.6 is 11.8 Å². The van der Waals surface area contributed by atoms with Crippen LogP contribution in [0.5, 0.6) is 0 Å². The number of hydrogen-bond donors (Lipinski definition) is 1. The van der Waals surface area contributed by atoms with Crippen LogP contribution in [0.25, 0.3) is 0 Å². The average molecular weight is 255 g/mol. The zero-order chi connectivity index (χ0) is 12.1. The molecule has 0 aliphatic heterocycles. The molecule has 0 radical (unpaired) electrons. The molecule has 0 unspecified atom stereocenters. The molecule has 0 aromatic carbocycles. The standard InChI is InChI=1S/C8H13N7OS/c1-2-7-10-6(12-16-7)5-17-8-11-13-14-15(8)4-3-9/h2-5,9H2,1H3. The van der Waals surface area contributed by atoms with Crippen molar-refractivity contribution in [3.63, 3.8) is 0 Å². The van der Waals surface area contributed by atoms with Crippen LogP contribution in [0.15, 0.2) is 9.68 Å². The number of thioether (sulfide) groups is 1. The second-order valence-electron chi connectivity index (χ2n) is 3.22. The highest BCUT2D eigenvalue weighted by atomic mass is 32.2. The summed E-state index contributed by atoms with van der Waals surface area (Å²) in [5, 5.41) is 15.9. The summed E-state index contributed by atoms with van der Waals surface area (Å²) in [5.41, 5.74) is 5.45. The molecule has 0 amide bonds. The van der Waals surface area contributed by atoms with E-state index in [1.165, 1.54) is 11.8 Å². The largest absolute Gasteiger partial charge is 0.339 e. The maximum absolute atomic E-state index is 5.45. The lowest BCUT2D eigenvalue weighted by atomic mass is 10.5. The third-order valence-corrected chi connectivity index (χ3v) is 2.94. The van der Waals surface area contributed by atoms with Gasteiger partial charge in [0.15, 0.2) is 5.82 Å². The lowest BCUT2D eigenvalue weighted by molar-refractivity contribution is 0.378. The zero-order valence-electron chi connectivity index (χ0n) is 9.41. The molecule has 0 fully saturated rings. The highest BCUT2D eigenvalue weighted by Gasteiger charge is 2.09. The number of nitrogens with two attached hydrogens (primary N) is 1. The van der Waals surface area contributed by atoms with E-state index in [0.717, 1.165) is 6.42 Å². The third-order valence-electron chi connectivity index (χ3n) is 1.98.